The summed E-state index contributed by atoms with van der Waals surface area (Å²) in [6.45, 7) is 2.66. The number of piperazine rings is 1. The standard InChI is InChI=1S/C27H33FN6O7S/c1-29-42(38,39)32-22-6-4-5-17(25(22)28)13-20-21(15-31-16-24(35)34-11-9-30-10-12-34)19-8-7-18(40-27(37)33(2)3)14-23(19)41-26(20)36/h4-8,14,29-32H,9-13,15-16H2,1-3H3. The molecule has 2 aromatic carbocycles. The predicted molar refractivity (Wildman–Crippen MR) is 154 cm³/mol. The summed E-state index contributed by atoms with van der Waals surface area (Å²) in [6.07, 6.45) is -0.842. The van der Waals surface area contributed by atoms with Crippen LogP contribution in [0.4, 0.5) is 14.9 Å². The van der Waals surface area contributed by atoms with E-state index in [0.29, 0.717) is 37.1 Å². The van der Waals surface area contributed by atoms with Crippen molar-refractivity contribution < 1.29 is 31.6 Å². The molecule has 1 saturated heterocycles. The first-order valence-electron chi connectivity index (χ1n) is 13.1. The molecule has 1 fully saturated rings. The molecule has 4 N–H and O–H groups in total. The van der Waals surface area contributed by atoms with Gasteiger partial charge in [0.05, 0.1) is 12.2 Å². The Labute approximate surface area is 242 Å². The van der Waals surface area contributed by atoms with Crippen molar-refractivity contribution in [3.05, 3.63) is 69.3 Å². The van der Waals surface area contributed by atoms with E-state index in [4.69, 9.17) is 9.15 Å². The number of nitrogens with zero attached hydrogens (tertiary/aromatic N) is 2. The molecular formula is C27H33FN6O7S. The Morgan fingerprint density at radius 1 is 1.14 bits per heavy atom. The molecule has 0 radical (unpaired) electrons. The predicted octanol–water partition coefficient (Wildman–Crippen LogP) is 0.981. The number of carbonyl (C=O) groups is 2. The number of carbonyl (C=O) groups excluding carboxylic acids is 2. The highest BCUT2D eigenvalue weighted by Gasteiger charge is 2.21. The van der Waals surface area contributed by atoms with Gasteiger partial charge in [-0.2, -0.15) is 8.42 Å². The Bertz CT molecular complexity index is 1640. The Morgan fingerprint density at radius 3 is 2.57 bits per heavy atom. The molecule has 0 unspecified atom stereocenters. The van der Waals surface area contributed by atoms with Gasteiger partial charge < -0.3 is 29.6 Å². The van der Waals surface area contributed by atoms with Crippen LogP contribution in [0.5, 0.6) is 5.75 Å². The fourth-order valence-corrected chi connectivity index (χ4v) is 4.97. The van der Waals surface area contributed by atoms with E-state index >= 15 is 4.39 Å². The maximum atomic E-state index is 15.4. The molecule has 1 aliphatic heterocycles. The van der Waals surface area contributed by atoms with Gasteiger partial charge in [0.2, 0.25) is 5.91 Å². The molecule has 0 atom stereocenters. The topological polar surface area (TPSA) is 162 Å². The fourth-order valence-electron chi connectivity index (χ4n) is 4.42. The molecule has 1 aliphatic rings. The molecule has 42 heavy (non-hydrogen) atoms. The van der Waals surface area contributed by atoms with Crippen LogP contribution in [0.2, 0.25) is 0 Å². The summed E-state index contributed by atoms with van der Waals surface area (Å²) in [5.41, 5.74) is -0.289. The normalized spacial score (nSPS) is 13.7. The van der Waals surface area contributed by atoms with Gasteiger partial charge in [-0.1, -0.05) is 12.1 Å². The van der Waals surface area contributed by atoms with Crippen molar-refractivity contribution in [1.82, 2.24) is 25.2 Å². The summed E-state index contributed by atoms with van der Waals surface area (Å²) in [6, 6.07) is 8.72. The van der Waals surface area contributed by atoms with Crippen molar-refractivity contribution in [2.75, 3.05) is 58.6 Å². The highest BCUT2D eigenvalue weighted by Crippen LogP contribution is 2.28. The molecular weight excluding hydrogens is 571 g/mol. The number of hydrogen-bond donors (Lipinski definition) is 4. The molecule has 0 bridgehead atoms. The molecule has 1 aromatic heterocycles. The van der Waals surface area contributed by atoms with Gasteiger partial charge in [-0.05, 0) is 29.3 Å². The summed E-state index contributed by atoms with van der Waals surface area (Å²) >= 11 is 0. The minimum atomic E-state index is -3.99. The maximum absolute atomic E-state index is 15.4. The van der Waals surface area contributed by atoms with E-state index in [2.05, 4.69) is 20.1 Å². The second-order valence-corrected chi connectivity index (χ2v) is 11.4. The summed E-state index contributed by atoms with van der Waals surface area (Å²) in [4.78, 5) is 41.0. The minimum absolute atomic E-state index is 0.00926. The maximum Gasteiger partial charge on any atom is 0.414 e. The van der Waals surface area contributed by atoms with Crippen LogP contribution < -0.4 is 30.4 Å². The second-order valence-electron chi connectivity index (χ2n) is 9.77. The van der Waals surface area contributed by atoms with Crippen molar-refractivity contribution in [3.63, 3.8) is 0 Å². The van der Waals surface area contributed by atoms with Crippen LogP contribution in [0.1, 0.15) is 16.7 Å². The second kappa shape index (κ2) is 13.3. The van der Waals surface area contributed by atoms with E-state index < -0.39 is 27.7 Å². The summed E-state index contributed by atoms with van der Waals surface area (Å²) in [5, 5.41) is 6.77. The lowest BCUT2D eigenvalue weighted by Gasteiger charge is -2.27. The van der Waals surface area contributed by atoms with Crippen molar-refractivity contribution in [2.45, 2.75) is 13.0 Å². The number of nitrogens with one attached hydrogen (secondary N) is 4. The van der Waals surface area contributed by atoms with Crippen LogP contribution in [-0.2, 0) is 28.0 Å². The number of hydrogen-bond acceptors (Lipinski definition) is 9. The van der Waals surface area contributed by atoms with Gasteiger partial charge in [0.1, 0.15) is 11.3 Å². The van der Waals surface area contributed by atoms with E-state index in [1.54, 1.807) is 11.0 Å². The highest BCUT2D eigenvalue weighted by molar-refractivity contribution is 7.90. The van der Waals surface area contributed by atoms with Crippen molar-refractivity contribution in [2.24, 2.45) is 0 Å². The Balaban J connectivity index is 1.70. The zero-order chi connectivity index (χ0) is 30.4. The molecule has 3 aromatic rings. The van der Waals surface area contributed by atoms with E-state index in [-0.39, 0.29) is 53.6 Å². The van der Waals surface area contributed by atoms with Gasteiger partial charge in [0, 0.05) is 77.3 Å². The van der Waals surface area contributed by atoms with Gasteiger partial charge in [-0.15, -0.1) is 0 Å². The van der Waals surface area contributed by atoms with Gasteiger partial charge >= 0.3 is 11.7 Å². The van der Waals surface area contributed by atoms with Crippen LogP contribution in [0.15, 0.2) is 45.6 Å². The van der Waals surface area contributed by atoms with E-state index in [1.165, 1.54) is 56.4 Å². The highest BCUT2D eigenvalue weighted by atomic mass is 32.2. The van der Waals surface area contributed by atoms with Gasteiger partial charge in [-0.25, -0.2) is 18.7 Å². The quantitative estimate of drug-likeness (QED) is 0.247. The average Bonchev–Trinajstić information content (AvgIpc) is 2.96. The lowest BCUT2D eigenvalue weighted by atomic mass is 9.97. The van der Waals surface area contributed by atoms with Crippen molar-refractivity contribution in [3.8, 4) is 5.75 Å². The number of fused-ring (bicyclic) bond motifs is 1. The number of benzene rings is 2. The van der Waals surface area contributed by atoms with Crippen LogP contribution in [0, 0.1) is 5.82 Å². The lowest BCUT2D eigenvalue weighted by Crippen LogP contribution is -2.49. The first-order valence-corrected chi connectivity index (χ1v) is 14.6. The van der Waals surface area contributed by atoms with Crippen molar-refractivity contribution >= 4 is 38.9 Å². The third kappa shape index (κ3) is 7.42. The molecule has 2 amide bonds. The number of anilines is 1. The number of amides is 2. The Hall–Kier alpha value is -4.05. The van der Waals surface area contributed by atoms with E-state index in [0.717, 1.165) is 0 Å². The van der Waals surface area contributed by atoms with Crippen LogP contribution >= 0.6 is 0 Å². The average molecular weight is 605 g/mol. The molecule has 4 rings (SSSR count). The first kappa shape index (κ1) is 30.9. The Morgan fingerprint density at radius 2 is 1.88 bits per heavy atom. The number of ether oxygens (including phenoxy) is 1. The third-order valence-electron chi connectivity index (χ3n) is 6.67. The Kier molecular flexibility index (Phi) is 9.78. The van der Waals surface area contributed by atoms with Gasteiger partial charge in [0.25, 0.3) is 10.2 Å². The monoisotopic (exact) mass is 604 g/mol. The van der Waals surface area contributed by atoms with Gasteiger partial charge in [-0.3, -0.25) is 9.52 Å². The molecule has 2 heterocycles. The summed E-state index contributed by atoms with van der Waals surface area (Å²) in [5.74, 6) is -0.797. The van der Waals surface area contributed by atoms with Gasteiger partial charge in [0.15, 0.2) is 5.82 Å². The van der Waals surface area contributed by atoms with Crippen LogP contribution in [0.25, 0.3) is 11.0 Å². The molecule has 13 nitrogen and oxygen atoms in total. The molecule has 0 aliphatic carbocycles. The smallest absolute Gasteiger partial charge is 0.414 e. The first-order chi connectivity index (χ1) is 20.0. The SMILES string of the molecule is CNS(=O)(=O)Nc1cccc(Cc2c(CNCC(=O)N3CCNCC3)c3ccc(OC(=O)N(C)C)cc3oc2=O)c1F. The number of halogens is 1. The number of rotatable bonds is 10. The van der Waals surface area contributed by atoms with E-state index in [1.807, 2.05) is 0 Å². The molecule has 15 heteroatoms. The largest absolute Gasteiger partial charge is 0.422 e. The third-order valence-corrected chi connectivity index (χ3v) is 7.69. The van der Waals surface area contributed by atoms with Crippen LogP contribution in [0.3, 0.4) is 0 Å². The molecule has 0 spiro atoms. The summed E-state index contributed by atoms with van der Waals surface area (Å²) in [7, 11) is 0.251. The lowest BCUT2D eigenvalue weighted by molar-refractivity contribution is -0.130. The van der Waals surface area contributed by atoms with E-state index in [9.17, 15) is 22.8 Å². The fraction of sp³-hybridized carbons (Fsp3) is 0.370. The molecule has 0 saturated carbocycles. The zero-order valence-electron chi connectivity index (χ0n) is 23.5. The van der Waals surface area contributed by atoms with Crippen LogP contribution in [-0.4, -0.2) is 84.1 Å². The summed E-state index contributed by atoms with van der Waals surface area (Å²) < 4.78 is 54.3. The molecule has 226 valence electrons. The minimum Gasteiger partial charge on any atom is -0.422 e. The zero-order valence-corrected chi connectivity index (χ0v) is 24.3. The van der Waals surface area contributed by atoms with Crippen molar-refractivity contribution in [1.29, 1.82) is 0 Å².